The van der Waals surface area contributed by atoms with Gasteiger partial charge in [0.15, 0.2) is 5.78 Å². The SMILES string of the molecule is CC(C(=O)OC(C)(C)C)C(=O)c1ncc(Br)cc1Br. The second kappa shape index (κ2) is 6.13. The Balaban J connectivity index is 2.91. The quantitative estimate of drug-likeness (QED) is 0.446. The van der Waals surface area contributed by atoms with Gasteiger partial charge in [-0.05, 0) is 65.6 Å². The lowest BCUT2D eigenvalue weighted by Gasteiger charge is -2.21. The molecule has 0 spiro atoms. The summed E-state index contributed by atoms with van der Waals surface area (Å²) in [6.07, 6.45) is 1.51. The monoisotopic (exact) mass is 391 g/mol. The minimum absolute atomic E-state index is 0.224. The van der Waals surface area contributed by atoms with E-state index in [1.54, 1.807) is 26.8 Å². The zero-order valence-electron chi connectivity index (χ0n) is 11.2. The summed E-state index contributed by atoms with van der Waals surface area (Å²) < 4.78 is 6.49. The van der Waals surface area contributed by atoms with Crippen LogP contribution >= 0.6 is 31.9 Å². The van der Waals surface area contributed by atoms with Gasteiger partial charge in [-0.2, -0.15) is 0 Å². The molecule has 1 unspecified atom stereocenters. The molecule has 0 aliphatic heterocycles. The predicted octanol–water partition coefficient (Wildman–Crippen LogP) is 3.77. The number of carbonyl (C=O) groups is 2. The first kappa shape index (κ1) is 16.3. The van der Waals surface area contributed by atoms with Crippen LogP contribution in [0.2, 0.25) is 0 Å². The predicted molar refractivity (Wildman–Crippen MR) is 79.0 cm³/mol. The van der Waals surface area contributed by atoms with Gasteiger partial charge in [-0.3, -0.25) is 14.6 Å². The van der Waals surface area contributed by atoms with E-state index in [-0.39, 0.29) is 11.5 Å². The molecular weight excluding hydrogens is 378 g/mol. The highest BCUT2D eigenvalue weighted by Gasteiger charge is 2.29. The molecule has 0 aliphatic rings. The van der Waals surface area contributed by atoms with Crippen LogP contribution in [0, 0.1) is 5.92 Å². The molecule has 0 radical (unpaired) electrons. The van der Waals surface area contributed by atoms with E-state index in [0.29, 0.717) is 4.47 Å². The van der Waals surface area contributed by atoms with Crippen LogP contribution in [0.25, 0.3) is 0 Å². The van der Waals surface area contributed by atoms with Crippen molar-refractivity contribution in [3.05, 3.63) is 26.9 Å². The van der Waals surface area contributed by atoms with Gasteiger partial charge in [0.1, 0.15) is 17.2 Å². The Kier molecular flexibility index (Phi) is 5.26. The van der Waals surface area contributed by atoms with Gasteiger partial charge >= 0.3 is 5.97 Å². The number of Topliss-reactive ketones (excluding diaryl/α,β-unsaturated/α-hetero) is 1. The Morgan fingerprint density at radius 2 is 1.89 bits per heavy atom. The van der Waals surface area contributed by atoms with Crippen LogP contribution in [-0.4, -0.2) is 22.3 Å². The van der Waals surface area contributed by atoms with Crippen LogP contribution in [-0.2, 0) is 9.53 Å². The molecule has 0 saturated heterocycles. The normalized spacial score (nSPS) is 12.9. The fourth-order valence-corrected chi connectivity index (χ4v) is 2.48. The van der Waals surface area contributed by atoms with Crippen molar-refractivity contribution in [3.63, 3.8) is 0 Å². The summed E-state index contributed by atoms with van der Waals surface area (Å²) in [5, 5.41) is 0. The molecule has 1 rings (SSSR count). The number of halogens is 2. The maximum atomic E-state index is 12.2. The molecule has 0 amide bonds. The Morgan fingerprint density at radius 1 is 1.32 bits per heavy atom. The third kappa shape index (κ3) is 4.69. The molecule has 0 aliphatic carbocycles. The Morgan fingerprint density at radius 3 is 2.37 bits per heavy atom. The van der Waals surface area contributed by atoms with Crippen LogP contribution in [0.15, 0.2) is 21.2 Å². The minimum Gasteiger partial charge on any atom is -0.459 e. The maximum absolute atomic E-state index is 12.2. The third-order valence-electron chi connectivity index (χ3n) is 2.19. The van der Waals surface area contributed by atoms with E-state index in [9.17, 15) is 9.59 Å². The second-order valence-electron chi connectivity index (χ2n) is 5.10. The topological polar surface area (TPSA) is 56.3 Å². The average molecular weight is 393 g/mol. The number of hydrogen-bond donors (Lipinski definition) is 0. The average Bonchev–Trinajstić information content (AvgIpc) is 2.24. The van der Waals surface area contributed by atoms with Gasteiger partial charge in [0, 0.05) is 15.1 Å². The van der Waals surface area contributed by atoms with Gasteiger partial charge in [0.05, 0.1) is 0 Å². The molecule has 1 aromatic heterocycles. The van der Waals surface area contributed by atoms with E-state index in [1.165, 1.54) is 13.1 Å². The van der Waals surface area contributed by atoms with E-state index < -0.39 is 17.5 Å². The molecule has 6 heteroatoms. The number of rotatable bonds is 3. The summed E-state index contributed by atoms with van der Waals surface area (Å²) in [5.41, 5.74) is -0.391. The fraction of sp³-hybridized carbons (Fsp3) is 0.462. The lowest BCUT2D eigenvalue weighted by molar-refractivity contribution is -0.157. The Labute approximate surface area is 129 Å². The number of nitrogens with zero attached hydrogens (tertiary/aromatic N) is 1. The van der Waals surface area contributed by atoms with Gasteiger partial charge in [-0.25, -0.2) is 0 Å². The Hall–Kier alpha value is -0.750. The lowest BCUT2D eigenvalue weighted by atomic mass is 10.0. The first-order valence-corrected chi connectivity index (χ1v) is 7.28. The van der Waals surface area contributed by atoms with Gasteiger partial charge in [-0.15, -0.1) is 0 Å². The van der Waals surface area contributed by atoms with Crippen molar-refractivity contribution >= 4 is 43.6 Å². The molecule has 4 nitrogen and oxygen atoms in total. The molecule has 0 aromatic carbocycles. The first-order valence-electron chi connectivity index (χ1n) is 5.70. The summed E-state index contributed by atoms with van der Waals surface area (Å²) in [5.74, 6) is -1.80. The zero-order chi connectivity index (χ0) is 14.8. The molecule has 0 bridgehead atoms. The number of hydrogen-bond acceptors (Lipinski definition) is 4. The van der Waals surface area contributed by atoms with Crippen LogP contribution in [0.1, 0.15) is 38.2 Å². The second-order valence-corrected chi connectivity index (χ2v) is 6.87. The summed E-state index contributed by atoms with van der Waals surface area (Å²) in [4.78, 5) is 28.1. The fourth-order valence-electron chi connectivity index (χ4n) is 1.30. The van der Waals surface area contributed by atoms with Crippen molar-refractivity contribution < 1.29 is 14.3 Å². The van der Waals surface area contributed by atoms with E-state index in [1.807, 2.05) is 0 Å². The van der Waals surface area contributed by atoms with Crippen molar-refractivity contribution in [2.45, 2.75) is 33.3 Å². The van der Waals surface area contributed by atoms with Gasteiger partial charge < -0.3 is 4.74 Å². The van der Waals surface area contributed by atoms with E-state index in [0.717, 1.165) is 4.47 Å². The van der Waals surface area contributed by atoms with E-state index in [4.69, 9.17) is 4.74 Å². The minimum atomic E-state index is -0.885. The summed E-state index contributed by atoms with van der Waals surface area (Å²) in [7, 11) is 0. The highest BCUT2D eigenvalue weighted by atomic mass is 79.9. The van der Waals surface area contributed by atoms with E-state index in [2.05, 4.69) is 36.8 Å². The molecule has 1 atom stereocenters. The number of ether oxygens (including phenoxy) is 1. The largest absolute Gasteiger partial charge is 0.459 e. The first-order chi connectivity index (χ1) is 8.61. The van der Waals surface area contributed by atoms with E-state index >= 15 is 0 Å². The summed E-state index contributed by atoms with van der Waals surface area (Å²) in [6, 6.07) is 1.71. The zero-order valence-corrected chi connectivity index (χ0v) is 14.3. The Bertz CT molecular complexity index is 509. The number of aromatic nitrogens is 1. The number of ketones is 1. The van der Waals surface area contributed by atoms with Crippen LogP contribution < -0.4 is 0 Å². The van der Waals surface area contributed by atoms with Gasteiger partial charge in [0.25, 0.3) is 0 Å². The highest BCUT2D eigenvalue weighted by Crippen LogP contribution is 2.23. The molecule has 0 saturated carbocycles. The van der Waals surface area contributed by atoms with Crippen molar-refractivity contribution in [3.8, 4) is 0 Å². The van der Waals surface area contributed by atoms with Gasteiger partial charge in [0.2, 0.25) is 0 Å². The maximum Gasteiger partial charge on any atom is 0.317 e. The van der Waals surface area contributed by atoms with Gasteiger partial charge in [-0.1, -0.05) is 0 Å². The summed E-state index contributed by atoms with van der Waals surface area (Å²) >= 11 is 6.52. The van der Waals surface area contributed by atoms with Crippen molar-refractivity contribution in [1.82, 2.24) is 4.98 Å². The smallest absolute Gasteiger partial charge is 0.317 e. The van der Waals surface area contributed by atoms with Crippen molar-refractivity contribution in [2.75, 3.05) is 0 Å². The molecule has 0 N–H and O–H groups in total. The number of esters is 1. The molecule has 1 heterocycles. The molecule has 1 aromatic rings. The molecule has 0 fully saturated rings. The third-order valence-corrected chi connectivity index (χ3v) is 3.23. The van der Waals surface area contributed by atoms with Crippen molar-refractivity contribution in [1.29, 1.82) is 0 Å². The molecule has 104 valence electrons. The van der Waals surface area contributed by atoms with Crippen LogP contribution in [0.3, 0.4) is 0 Å². The standard InChI is InChI=1S/C13H15Br2NO3/c1-7(12(18)19-13(2,3)4)11(17)10-9(15)5-8(14)6-16-10/h5-7H,1-4H3. The summed E-state index contributed by atoms with van der Waals surface area (Å²) in [6.45, 7) is 6.80. The number of carbonyl (C=O) groups excluding carboxylic acids is 2. The molecular formula is C13H15Br2NO3. The van der Waals surface area contributed by atoms with Crippen LogP contribution in [0.5, 0.6) is 0 Å². The van der Waals surface area contributed by atoms with Crippen LogP contribution in [0.4, 0.5) is 0 Å². The highest BCUT2D eigenvalue weighted by molar-refractivity contribution is 9.11. The lowest BCUT2D eigenvalue weighted by Crippen LogP contribution is -2.31. The van der Waals surface area contributed by atoms with Crippen molar-refractivity contribution in [2.24, 2.45) is 5.92 Å². The molecule has 19 heavy (non-hydrogen) atoms. The number of pyridine rings is 1.